The number of nitrogens with zero attached hydrogens (tertiary/aromatic N) is 3. The number of fused-ring (bicyclic) bond motifs is 1. The number of anilines is 2. The number of amides is 1. The van der Waals surface area contributed by atoms with Crippen LogP contribution in [0.3, 0.4) is 0 Å². The average molecular weight is 475 g/mol. The van der Waals surface area contributed by atoms with Crippen LogP contribution < -0.4 is 20.1 Å². The van der Waals surface area contributed by atoms with Gasteiger partial charge in [-0.25, -0.2) is 9.97 Å². The molecular formula is C26H30N6O3. The Bertz CT molecular complexity index is 1300. The maximum Gasteiger partial charge on any atom is 0.225 e. The van der Waals surface area contributed by atoms with Gasteiger partial charge in [0.2, 0.25) is 5.91 Å². The Kier molecular flexibility index (Phi) is 7.14. The first-order valence-corrected chi connectivity index (χ1v) is 11.6. The third kappa shape index (κ3) is 6.06. The van der Waals surface area contributed by atoms with Crippen molar-refractivity contribution in [3.63, 3.8) is 0 Å². The largest absolute Gasteiger partial charge is 0.494 e. The lowest BCUT2D eigenvalue weighted by Gasteiger charge is -2.17. The molecule has 0 aliphatic carbocycles. The van der Waals surface area contributed by atoms with Crippen LogP contribution in [0.25, 0.3) is 22.3 Å². The Labute approximate surface area is 204 Å². The molecule has 9 heteroatoms. The molecule has 0 unspecified atom stereocenters. The zero-order valence-electron chi connectivity index (χ0n) is 20.4. The number of benzene rings is 2. The van der Waals surface area contributed by atoms with Gasteiger partial charge < -0.3 is 20.1 Å². The zero-order valence-corrected chi connectivity index (χ0v) is 20.4. The lowest BCUT2D eigenvalue weighted by molar-refractivity contribution is -0.128. The summed E-state index contributed by atoms with van der Waals surface area (Å²) >= 11 is 0. The van der Waals surface area contributed by atoms with Crippen molar-refractivity contribution in [3.05, 3.63) is 54.9 Å². The monoisotopic (exact) mass is 474 g/mol. The molecule has 3 N–H and O–H groups in total. The van der Waals surface area contributed by atoms with Crippen LogP contribution in [0.1, 0.15) is 27.7 Å². The number of carbonyl (C=O) groups excluding carboxylic acids is 1. The standard InChI is InChI=1S/C26H30N6O3/c1-5-34-20-9-10-22-21(14-20)24(30-18-15-28-29-16-18)32-23(31-22)17-7-6-8-19(13-17)35-12-11-27-25(33)26(2,3)4/h6-10,13-16H,5,11-12H2,1-4H3,(H,27,33)(H,28,29)(H,30,31,32). The minimum absolute atomic E-state index is 0.00967. The van der Waals surface area contributed by atoms with Crippen molar-refractivity contribution in [1.29, 1.82) is 0 Å². The van der Waals surface area contributed by atoms with Gasteiger partial charge >= 0.3 is 0 Å². The number of carbonyl (C=O) groups is 1. The van der Waals surface area contributed by atoms with E-state index in [9.17, 15) is 4.79 Å². The van der Waals surface area contributed by atoms with Gasteiger partial charge in [0.1, 0.15) is 23.9 Å². The van der Waals surface area contributed by atoms with E-state index >= 15 is 0 Å². The van der Waals surface area contributed by atoms with Crippen LogP contribution >= 0.6 is 0 Å². The van der Waals surface area contributed by atoms with E-state index in [1.165, 1.54) is 0 Å². The first-order chi connectivity index (χ1) is 16.8. The van der Waals surface area contributed by atoms with Crippen LogP contribution in [-0.2, 0) is 4.79 Å². The number of hydrogen-bond acceptors (Lipinski definition) is 7. The number of nitrogens with one attached hydrogen (secondary N) is 3. The maximum absolute atomic E-state index is 12.0. The molecule has 35 heavy (non-hydrogen) atoms. The SMILES string of the molecule is CCOc1ccc2nc(-c3cccc(OCCNC(=O)C(C)(C)C)c3)nc(Nc3cn[nH]c3)c2c1. The molecule has 0 saturated carbocycles. The third-order valence-electron chi connectivity index (χ3n) is 5.17. The van der Waals surface area contributed by atoms with Crippen LogP contribution in [0, 0.1) is 5.41 Å². The molecule has 0 aliphatic rings. The molecule has 4 rings (SSSR count). The summed E-state index contributed by atoms with van der Waals surface area (Å²) in [6.45, 7) is 8.94. The molecule has 0 fully saturated rings. The number of aromatic nitrogens is 4. The molecule has 0 atom stereocenters. The summed E-state index contributed by atoms with van der Waals surface area (Å²) in [4.78, 5) is 21.6. The molecule has 4 aromatic rings. The Morgan fingerprint density at radius 1 is 1.06 bits per heavy atom. The number of H-pyrrole nitrogens is 1. The molecule has 0 aliphatic heterocycles. The topological polar surface area (TPSA) is 114 Å². The molecule has 2 aromatic heterocycles. The molecule has 1 amide bonds. The van der Waals surface area contributed by atoms with E-state index in [1.807, 2.05) is 70.2 Å². The van der Waals surface area contributed by atoms with Gasteiger partial charge in [-0.15, -0.1) is 0 Å². The van der Waals surface area contributed by atoms with Crippen LogP contribution in [0.2, 0.25) is 0 Å². The fourth-order valence-corrected chi connectivity index (χ4v) is 3.37. The first kappa shape index (κ1) is 24.0. The van der Waals surface area contributed by atoms with Gasteiger partial charge in [-0.1, -0.05) is 32.9 Å². The molecule has 2 aromatic carbocycles. The quantitative estimate of drug-likeness (QED) is 0.301. The van der Waals surface area contributed by atoms with Crippen LogP contribution in [0.4, 0.5) is 11.5 Å². The highest BCUT2D eigenvalue weighted by Crippen LogP contribution is 2.31. The summed E-state index contributed by atoms with van der Waals surface area (Å²) in [5.74, 6) is 2.61. The van der Waals surface area contributed by atoms with Crippen molar-refractivity contribution in [2.24, 2.45) is 5.41 Å². The van der Waals surface area contributed by atoms with E-state index in [2.05, 4.69) is 20.8 Å². The smallest absolute Gasteiger partial charge is 0.225 e. The first-order valence-electron chi connectivity index (χ1n) is 11.6. The summed E-state index contributed by atoms with van der Waals surface area (Å²) < 4.78 is 11.5. The Hall–Kier alpha value is -4.14. The van der Waals surface area contributed by atoms with Gasteiger partial charge in [0.25, 0.3) is 0 Å². The second-order valence-electron chi connectivity index (χ2n) is 9.00. The minimum atomic E-state index is -0.432. The molecule has 0 spiro atoms. The second-order valence-corrected chi connectivity index (χ2v) is 9.00. The fraction of sp³-hybridized carbons (Fsp3) is 0.308. The van der Waals surface area contributed by atoms with Crippen molar-refractivity contribution in [3.8, 4) is 22.9 Å². The van der Waals surface area contributed by atoms with Gasteiger partial charge in [0.05, 0.1) is 30.6 Å². The van der Waals surface area contributed by atoms with Gasteiger partial charge in [-0.05, 0) is 37.3 Å². The number of aromatic amines is 1. The highest BCUT2D eigenvalue weighted by molar-refractivity contribution is 5.93. The zero-order chi connectivity index (χ0) is 24.8. The van der Waals surface area contributed by atoms with E-state index in [0.717, 1.165) is 27.9 Å². The van der Waals surface area contributed by atoms with Crippen molar-refractivity contribution >= 4 is 28.3 Å². The van der Waals surface area contributed by atoms with Crippen LogP contribution in [0.5, 0.6) is 11.5 Å². The molecule has 182 valence electrons. The van der Waals surface area contributed by atoms with Crippen LogP contribution in [0.15, 0.2) is 54.9 Å². The lowest BCUT2D eigenvalue weighted by Crippen LogP contribution is -2.37. The summed E-state index contributed by atoms with van der Waals surface area (Å²) in [7, 11) is 0. The fourth-order valence-electron chi connectivity index (χ4n) is 3.37. The van der Waals surface area contributed by atoms with Gasteiger partial charge in [0.15, 0.2) is 5.82 Å². The van der Waals surface area contributed by atoms with E-state index in [-0.39, 0.29) is 5.91 Å². The Balaban J connectivity index is 1.58. The lowest BCUT2D eigenvalue weighted by atomic mass is 9.96. The normalized spacial score (nSPS) is 11.3. The third-order valence-corrected chi connectivity index (χ3v) is 5.17. The predicted molar refractivity (Wildman–Crippen MR) is 136 cm³/mol. The van der Waals surface area contributed by atoms with Gasteiger partial charge in [0, 0.05) is 22.6 Å². The maximum atomic E-state index is 12.0. The molecule has 0 bridgehead atoms. The van der Waals surface area contributed by atoms with Crippen molar-refractivity contribution in [2.75, 3.05) is 25.1 Å². The Morgan fingerprint density at radius 2 is 1.89 bits per heavy atom. The Morgan fingerprint density at radius 3 is 2.63 bits per heavy atom. The summed E-state index contributed by atoms with van der Waals surface area (Å²) in [5, 5.41) is 13.8. The highest BCUT2D eigenvalue weighted by atomic mass is 16.5. The minimum Gasteiger partial charge on any atom is -0.494 e. The molecule has 0 radical (unpaired) electrons. The average Bonchev–Trinajstić information content (AvgIpc) is 3.35. The van der Waals surface area contributed by atoms with Crippen molar-refractivity contribution in [1.82, 2.24) is 25.5 Å². The van der Waals surface area contributed by atoms with Crippen molar-refractivity contribution in [2.45, 2.75) is 27.7 Å². The second kappa shape index (κ2) is 10.4. The highest BCUT2D eigenvalue weighted by Gasteiger charge is 2.20. The van der Waals surface area contributed by atoms with E-state index < -0.39 is 5.41 Å². The predicted octanol–water partition coefficient (Wildman–Crippen LogP) is 4.70. The summed E-state index contributed by atoms with van der Waals surface area (Å²) in [6.07, 6.45) is 3.44. The summed E-state index contributed by atoms with van der Waals surface area (Å²) in [6, 6.07) is 13.3. The number of rotatable bonds is 9. The number of ether oxygens (including phenoxy) is 2. The molecule has 2 heterocycles. The summed E-state index contributed by atoms with van der Waals surface area (Å²) in [5.41, 5.74) is 1.94. The number of hydrogen-bond donors (Lipinski definition) is 3. The van der Waals surface area contributed by atoms with E-state index in [0.29, 0.717) is 37.2 Å². The van der Waals surface area contributed by atoms with Crippen molar-refractivity contribution < 1.29 is 14.3 Å². The van der Waals surface area contributed by atoms with Gasteiger partial charge in [-0.2, -0.15) is 5.10 Å². The molecule has 9 nitrogen and oxygen atoms in total. The van der Waals surface area contributed by atoms with E-state index in [4.69, 9.17) is 19.4 Å². The van der Waals surface area contributed by atoms with Gasteiger partial charge in [-0.3, -0.25) is 9.89 Å². The molecular weight excluding hydrogens is 444 g/mol. The van der Waals surface area contributed by atoms with E-state index in [1.54, 1.807) is 12.4 Å². The molecule has 0 saturated heterocycles. The van der Waals surface area contributed by atoms with Crippen LogP contribution in [-0.4, -0.2) is 45.8 Å².